The lowest BCUT2D eigenvalue weighted by Gasteiger charge is -2.39. The van der Waals surface area contributed by atoms with Gasteiger partial charge in [0.25, 0.3) is 5.91 Å². The third-order valence-electron chi connectivity index (χ3n) is 4.04. The van der Waals surface area contributed by atoms with E-state index < -0.39 is 0 Å². The first kappa shape index (κ1) is 14.6. The van der Waals surface area contributed by atoms with Crippen molar-refractivity contribution >= 4 is 21.8 Å². The largest absolute Gasteiger partial charge is 0.346 e. The van der Waals surface area contributed by atoms with Crippen LogP contribution in [-0.2, 0) is 0 Å². The van der Waals surface area contributed by atoms with E-state index in [1.165, 1.54) is 18.4 Å². The van der Waals surface area contributed by atoms with Crippen LogP contribution < -0.4 is 5.32 Å². The zero-order valence-electron chi connectivity index (χ0n) is 11.7. The van der Waals surface area contributed by atoms with Gasteiger partial charge in [-0.2, -0.15) is 0 Å². The molecule has 0 spiro atoms. The number of aryl methyl sites for hydroxylation is 1. The van der Waals surface area contributed by atoms with Crippen LogP contribution in [0.15, 0.2) is 24.3 Å². The average molecular weight is 324 g/mol. The van der Waals surface area contributed by atoms with E-state index in [1.54, 1.807) is 0 Å². The molecule has 2 rings (SSSR count). The van der Waals surface area contributed by atoms with E-state index in [4.69, 9.17) is 0 Å². The van der Waals surface area contributed by atoms with Gasteiger partial charge in [0.15, 0.2) is 0 Å². The van der Waals surface area contributed by atoms with E-state index in [-0.39, 0.29) is 11.4 Å². The third kappa shape index (κ3) is 3.59. The van der Waals surface area contributed by atoms with Crippen molar-refractivity contribution in [1.29, 1.82) is 0 Å². The first-order chi connectivity index (χ1) is 9.04. The molecule has 1 aromatic rings. The molecule has 0 radical (unpaired) electrons. The first-order valence-corrected chi connectivity index (χ1v) is 8.12. The standard InChI is InChI=1S/C16H22BrNO/c1-12-5-7-14(8-6-12)15(19)18-16(11-17)9-3-4-13(2)10-16/h5-8,13H,3-4,9-11H2,1-2H3,(H,18,19). The number of carbonyl (C=O) groups excluding carboxylic acids is 1. The van der Waals surface area contributed by atoms with E-state index in [0.717, 1.165) is 23.7 Å². The maximum Gasteiger partial charge on any atom is 0.251 e. The predicted octanol–water partition coefficient (Wildman–Crippen LogP) is 4.07. The van der Waals surface area contributed by atoms with Crippen LogP contribution in [0.25, 0.3) is 0 Å². The Hall–Kier alpha value is -0.830. The molecule has 2 nitrogen and oxygen atoms in total. The minimum absolute atomic E-state index is 0.0496. The number of alkyl halides is 1. The van der Waals surface area contributed by atoms with E-state index in [9.17, 15) is 4.79 Å². The molecule has 2 atom stereocenters. The lowest BCUT2D eigenvalue weighted by Crippen LogP contribution is -2.52. The zero-order chi connectivity index (χ0) is 13.9. The summed E-state index contributed by atoms with van der Waals surface area (Å²) in [6.07, 6.45) is 4.60. The second-order valence-corrected chi connectivity index (χ2v) is 6.50. The van der Waals surface area contributed by atoms with Crippen molar-refractivity contribution in [2.75, 3.05) is 5.33 Å². The number of hydrogen-bond acceptors (Lipinski definition) is 1. The molecule has 104 valence electrons. The van der Waals surface area contributed by atoms with Gasteiger partial charge in [0, 0.05) is 10.9 Å². The Bertz CT molecular complexity index is 443. The summed E-state index contributed by atoms with van der Waals surface area (Å²) in [6, 6.07) is 7.77. The Labute approximate surface area is 124 Å². The Morgan fingerprint density at radius 3 is 2.68 bits per heavy atom. The number of nitrogens with one attached hydrogen (secondary N) is 1. The third-order valence-corrected chi connectivity index (χ3v) is 5.11. The fourth-order valence-electron chi connectivity index (χ4n) is 2.95. The molecular formula is C16H22BrNO. The molecule has 3 heteroatoms. The van der Waals surface area contributed by atoms with Crippen LogP contribution in [0.4, 0.5) is 0 Å². The van der Waals surface area contributed by atoms with Crippen molar-refractivity contribution in [3.05, 3.63) is 35.4 Å². The first-order valence-electron chi connectivity index (χ1n) is 7.00. The van der Waals surface area contributed by atoms with Crippen LogP contribution >= 0.6 is 15.9 Å². The van der Waals surface area contributed by atoms with Crippen LogP contribution in [0.5, 0.6) is 0 Å². The maximum absolute atomic E-state index is 12.4. The summed E-state index contributed by atoms with van der Waals surface area (Å²) in [5.74, 6) is 0.734. The topological polar surface area (TPSA) is 29.1 Å². The molecule has 0 aromatic heterocycles. The van der Waals surface area contributed by atoms with Crippen LogP contribution in [0.1, 0.15) is 48.5 Å². The maximum atomic E-state index is 12.4. The normalized spacial score (nSPS) is 27.0. The minimum Gasteiger partial charge on any atom is -0.346 e. The molecule has 1 saturated carbocycles. The molecule has 1 aliphatic carbocycles. The Morgan fingerprint density at radius 1 is 1.42 bits per heavy atom. The Morgan fingerprint density at radius 2 is 2.11 bits per heavy atom. The smallest absolute Gasteiger partial charge is 0.251 e. The van der Waals surface area contributed by atoms with Gasteiger partial charge in [-0.15, -0.1) is 0 Å². The lowest BCUT2D eigenvalue weighted by molar-refractivity contribution is 0.0869. The molecule has 1 fully saturated rings. The summed E-state index contributed by atoms with van der Waals surface area (Å²) >= 11 is 3.59. The van der Waals surface area contributed by atoms with Crippen molar-refractivity contribution in [3.8, 4) is 0 Å². The van der Waals surface area contributed by atoms with E-state index in [2.05, 4.69) is 28.2 Å². The molecule has 1 N–H and O–H groups in total. The number of carbonyl (C=O) groups is 1. The number of hydrogen-bond donors (Lipinski definition) is 1. The van der Waals surface area contributed by atoms with Crippen LogP contribution in [0, 0.1) is 12.8 Å². The highest BCUT2D eigenvalue weighted by atomic mass is 79.9. The fourth-order valence-corrected chi connectivity index (χ4v) is 3.60. The number of amides is 1. The highest BCUT2D eigenvalue weighted by Gasteiger charge is 2.35. The van der Waals surface area contributed by atoms with Gasteiger partial charge >= 0.3 is 0 Å². The summed E-state index contributed by atoms with van der Waals surface area (Å²) in [7, 11) is 0. The molecule has 19 heavy (non-hydrogen) atoms. The monoisotopic (exact) mass is 323 g/mol. The molecule has 0 bridgehead atoms. The van der Waals surface area contributed by atoms with Gasteiger partial charge in [0.1, 0.15) is 0 Å². The van der Waals surface area contributed by atoms with Gasteiger partial charge in [-0.1, -0.05) is 53.4 Å². The van der Waals surface area contributed by atoms with Crippen molar-refractivity contribution in [3.63, 3.8) is 0 Å². The molecule has 1 aliphatic rings. The second kappa shape index (κ2) is 6.08. The molecule has 1 aromatic carbocycles. The molecular weight excluding hydrogens is 302 g/mol. The van der Waals surface area contributed by atoms with Crippen molar-refractivity contribution < 1.29 is 4.79 Å². The van der Waals surface area contributed by atoms with Gasteiger partial charge in [0.05, 0.1) is 5.54 Å². The van der Waals surface area contributed by atoms with Gasteiger partial charge in [-0.25, -0.2) is 0 Å². The SMILES string of the molecule is Cc1ccc(C(=O)NC2(CBr)CCCC(C)C2)cc1. The summed E-state index contributed by atoms with van der Waals surface area (Å²) in [5, 5.41) is 4.10. The van der Waals surface area contributed by atoms with Gasteiger partial charge < -0.3 is 5.32 Å². The number of benzene rings is 1. The number of halogens is 1. The lowest BCUT2D eigenvalue weighted by atomic mass is 9.77. The highest BCUT2D eigenvalue weighted by Crippen LogP contribution is 2.33. The molecule has 2 unspecified atom stereocenters. The minimum atomic E-state index is -0.0698. The van der Waals surface area contributed by atoms with Crippen LogP contribution in [-0.4, -0.2) is 16.8 Å². The van der Waals surface area contributed by atoms with E-state index in [1.807, 2.05) is 31.2 Å². The zero-order valence-corrected chi connectivity index (χ0v) is 13.3. The molecule has 0 aliphatic heterocycles. The highest BCUT2D eigenvalue weighted by molar-refractivity contribution is 9.09. The van der Waals surface area contributed by atoms with Crippen LogP contribution in [0.3, 0.4) is 0 Å². The summed E-state index contributed by atoms with van der Waals surface area (Å²) in [4.78, 5) is 12.4. The molecule has 0 heterocycles. The van der Waals surface area contributed by atoms with Gasteiger partial charge in [0.2, 0.25) is 0 Å². The van der Waals surface area contributed by atoms with Crippen molar-refractivity contribution in [1.82, 2.24) is 5.32 Å². The fraction of sp³-hybridized carbons (Fsp3) is 0.562. The quantitative estimate of drug-likeness (QED) is 0.835. The number of rotatable bonds is 3. The van der Waals surface area contributed by atoms with Gasteiger partial charge in [-0.3, -0.25) is 4.79 Å². The molecule has 1 amide bonds. The van der Waals surface area contributed by atoms with Crippen molar-refractivity contribution in [2.45, 2.75) is 45.1 Å². The summed E-state index contributed by atoms with van der Waals surface area (Å²) < 4.78 is 0. The predicted molar refractivity (Wildman–Crippen MR) is 82.8 cm³/mol. The van der Waals surface area contributed by atoms with E-state index in [0.29, 0.717) is 5.92 Å². The Balaban J connectivity index is 2.09. The average Bonchev–Trinajstić information content (AvgIpc) is 2.39. The summed E-state index contributed by atoms with van der Waals surface area (Å²) in [6.45, 7) is 4.30. The summed E-state index contributed by atoms with van der Waals surface area (Å²) in [5.41, 5.74) is 1.86. The Kier molecular flexibility index (Phi) is 4.67. The van der Waals surface area contributed by atoms with Crippen molar-refractivity contribution in [2.24, 2.45) is 5.92 Å². The van der Waals surface area contributed by atoms with Gasteiger partial charge in [-0.05, 0) is 37.8 Å². The van der Waals surface area contributed by atoms with Crippen LogP contribution in [0.2, 0.25) is 0 Å². The second-order valence-electron chi connectivity index (χ2n) is 5.94. The van der Waals surface area contributed by atoms with E-state index >= 15 is 0 Å². The molecule has 0 saturated heterocycles.